The number of nitrogens with one attached hydrogen (secondary N) is 1. The fourth-order valence-electron chi connectivity index (χ4n) is 1.62. The summed E-state index contributed by atoms with van der Waals surface area (Å²) in [5, 5.41) is 23.3. The van der Waals surface area contributed by atoms with Crippen molar-refractivity contribution in [2.45, 2.75) is 19.5 Å². The highest BCUT2D eigenvalue weighted by Crippen LogP contribution is 1.92. The largest absolute Gasteiger partial charge is 0.476 e. The Labute approximate surface area is 110 Å². The van der Waals surface area contributed by atoms with Gasteiger partial charge in [0.25, 0.3) is 0 Å². The van der Waals surface area contributed by atoms with Crippen LogP contribution in [0.1, 0.15) is 16.9 Å². The van der Waals surface area contributed by atoms with Gasteiger partial charge in [0.2, 0.25) is 0 Å². The number of hydrogen-bond donors (Lipinski definition) is 2. The molecule has 2 aromatic rings. The first-order valence-electron chi connectivity index (χ1n) is 6.07. The van der Waals surface area contributed by atoms with Crippen LogP contribution in [0.5, 0.6) is 0 Å². The van der Waals surface area contributed by atoms with E-state index in [0.717, 1.165) is 26.1 Å². The minimum Gasteiger partial charge on any atom is -0.476 e. The monoisotopic (exact) mass is 264 g/mol. The lowest BCUT2D eigenvalue weighted by Crippen LogP contribution is -2.22. The maximum atomic E-state index is 10.6. The number of aromatic nitrogens is 5. The van der Waals surface area contributed by atoms with E-state index >= 15 is 0 Å². The zero-order valence-electron chi connectivity index (χ0n) is 10.4. The fraction of sp³-hybridized carbons (Fsp3) is 0.455. The Morgan fingerprint density at radius 2 is 2.21 bits per heavy atom. The van der Waals surface area contributed by atoms with E-state index in [1.807, 2.05) is 16.9 Å². The molecule has 0 aromatic carbocycles. The normalized spacial score (nSPS) is 10.7. The molecular weight excluding hydrogens is 248 g/mol. The lowest BCUT2D eigenvalue weighted by atomic mass is 10.4. The average molecular weight is 264 g/mol. The number of nitrogens with zero attached hydrogens (tertiary/aromatic N) is 5. The average Bonchev–Trinajstić information content (AvgIpc) is 3.04. The predicted molar refractivity (Wildman–Crippen MR) is 66.7 cm³/mol. The molecule has 0 aliphatic rings. The molecule has 0 aliphatic heterocycles. The minimum absolute atomic E-state index is 0.0290. The molecule has 2 rings (SSSR count). The topological polar surface area (TPSA) is 97.9 Å². The summed E-state index contributed by atoms with van der Waals surface area (Å²) < 4.78 is 3.40. The Balaban J connectivity index is 1.57. The number of hydrogen-bond acceptors (Lipinski definition) is 5. The first kappa shape index (κ1) is 13.2. The number of carboxylic acid groups (broad SMARTS) is 1. The van der Waals surface area contributed by atoms with Crippen LogP contribution in [0.15, 0.2) is 24.7 Å². The van der Waals surface area contributed by atoms with Crippen molar-refractivity contribution in [3.63, 3.8) is 0 Å². The van der Waals surface area contributed by atoms with Crippen LogP contribution in [0.25, 0.3) is 0 Å². The van der Waals surface area contributed by atoms with Crippen molar-refractivity contribution in [3.8, 4) is 0 Å². The number of aromatic carboxylic acids is 1. The van der Waals surface area contributed by atoms with Gasteiger partial charge < -0.3 is 10.4 Å². The number of carboxylic acids is 1. The summed E-state index contributed by atoms with van der Waals surface area (Å²) in [6, 6.07) is 1.90. The molecule has 8 nitrogen and oxygen atoms in total. The molecule has 2 N–H and O–H groups in total. The van der Waals surface area contributed by atoms with Crippen LogP contribution < -0.4 is 5.32 Å². The van der Waals surface area contributed by atoms with E-state index in [2.05, 4.69) is 20.7 Å². The van der Waals surface area contributed by atoms with E-state index in [0.29, 0.717) is 6.54 Å². The van der Waals surface area contributed by atoms with Crippen LogP contribution in [0.4, 0.5) is 0 Å². The molecule has 0 bridgehead atoms. The fourth-order valence-corrected chi connectivity index (χ4v) is 1.62. The Bertz CT molecular complexity index is 507. The summed E-state index contributed by atoms with van der Waals surface area (Å²) in [6.07, 6.45) is 6.11. The maximum Gasteiger partial charge on any atom is 0.358 e. The molecule has 0 atom stereocenters. The molecule has 0 saturated carbocycles. The summed E-state index contributed by atoms with van der Waals surface area (Å²) in [6.45, 7) is 3.08. The van der Waals surface area contributed by atoms with Gasteiger partial charge in [0.1, 0.15) is 0 Å². The van der Waals surface area contributed by atoms with Crippen molar-refractivity contribution < 1.29 is 9.90 Å². The highest BCUT2D eigenvalue weighted by Gasteiger charge is 2.07. The van der Waals surface area contributed by atoms with E-state index in [9.17, 15) is 4.79 Å². The van der Waals surface area contributed by atoms with Crippen LogP contribution in [0, 0.1) is 0 Å². The molecule has 0 saturated heterocycles. The van der Waals surface area contributed by atoms with Crippen LogP contribution in [-0.4, -0.2) is 48.9 Å². The highest BCUT2D eigenvalue weighted by molar-refractivity contribution is 5.84. The maximum absolute atomic E-state index is 10.6. The third-order valence-electron chi connectivity index (χ3n) is 2.58. The van der Waals surface area contributed by atoms with E-state index in [1.54, 1.807) is 6.20 Å². The van der Waals surface area contributed by atoms with Gasteiger partial charge >= 0.3 is 5.97 Å². The molecule has 19 heavy (non-hydrogen) atoms. The van der Waals surface area contributed by atoms with Crippen LogP contribution in [0.3, 0.4) is 0 Å². The molecule has 0 spiro atoms. The summed E-state index contributed by atoms with van der Waals surface area (Å²) in [4.78, 5) is 10.6. The summed E-state index contributed by atoms with van der Waals surface area (Å²) in [5.74, 6) is -1.06. The molecule has 0 amide bonds. The number of carbonyl (C=O) groups is 1. The van der Waals surface area contributed by atoms with Gasteiger partial charge in [-0.15, -0.1) is 5.10 Å². The van der Waals surface area contributed by atoms with Crippen molar-refractivity contribution in [1.29, 1.82) is 0 Å². The lowest BCUT2D eigenvalue weighted by Gasteiger charge is -2.04. The molecular formula is C11H16N6O2. The van der Waals surface area contributed by atoms with E-state index in [4.69, 9.17) is 5.11 Å². The van der Waals surface area contributed by atoms with Gasteiger partial charge in [-0.1, -0.05) is 5.21 Å². The van der Waals surface area contributed by atoms with Crippen molar-refractivity contribution in [2.24, 2.45) is 0 Å². The second-order valence-electron chi connectivity index (χ2n) is 4.04. The van der Waals surface area contributed by atoms with Crippen molar-refractivity contribution in [2.75, 3.05) is 13.1 Å². The first-order chi connectivity index (χ1) is 9.25. The molecule has 2 aromatic heterocycles. The van der Waals surface area contributed by atoms with Gasteiger partial charge in [0.05, 0.1) is 12.7 Å². The van der Waals surface area contributed by atoms with Gasteiger partial charge in [0.15, 0.2) is 5.69 Å². The third-order valence-corrected chi connectivity index (χ3v) is 2.58. The molecule has 0 fully saturated rings. The summed E-state index contributed by atoms with van der Waals surface area (Å²) >= 11 is 0. The Morgan fingerprint density at radius 1 is 1.32 bits per heavy atom. The highest BCUT2D eigenvalue weighted by atomic mass is 16.4. The van der Waals surface area contributed by atoms with Crippen LogP contribution in [-0.2, 0) is 13.1 Å². The lowest BCUT2D eigenvalue weighted by molar-refractivity contribution is 0.0690. The Kier molecular flexibility index (Phi) is 4.62. The van der Waals surface area contributed by atoms with Crippen molar-refractivity contribution in [3.05, 3.63) is 30.4 Å². The summed E-state index contributed by atoms with van der Waals surface area (Å²) in [7, 11) is 0. The second kappa shape index (κ2) is 6.64. The quantitative estimate of drug-likeness (QED) is 0.644. The van der Waals surface area contributed by atoms with Crippen molar-refractivity contribution in [1.82, 2.24) is 30.1 Å². The smallest absolute Gasteiger partial charge is 0.358 e. The molecule has 0 unspecified atom stereocenters. The van der Waals surface area contributed by atoms with Crippen molar-refractivity contribution >= 4 is 5.97 Å². The van der Waals surface area contributed by atoms with Gasteiger partial charge in [-0.3, -0.25) is 9.36 Å². The molecule has 102 valence electrons. The molecule has 0 aliphatic carbocycles. The van der Waals surface area contributed by atoms with Crippen LogP contribution >= 0.6 is 0 Å². The van der Waals surface area contributed by atoms with E-state index < -0.39 is 5.97 Å². The zero-order chi connectivity index (χ0) is 13.5. The number of aryl methyl sites for hydroxylation is 1. The predicted octanol–water partition coefficient (Wildman–Crippen LogP) is -0.147. The van der Waals surface area contributed by atoms with E-state index in [1.165, 1.54) is 10.9 Å². The van der Waals surface area contributed by atoms with Gasteiger partial charge in [-0.05, 0) is 19.0 Å². The first-order valence-corrected chi connectivity index (χ1v) is 6.07. The van der Waals surface area contributed by atoms with Gasteiger partial charge in [-0.25, -0.2) is 4.79 Å². The number of rotatable bonds is 8. The van der Waals surface area contributed by atoms with Crippen LogP contribution in [0.2, 0.25) is 0 Å². The minimum atomic E-state index is -1.06. The standard InChI is InChI=1S/C11H16N6O2/c18-11(19)10-9-17(15-14-10)8-5-12-3-1-6-16-7-2-4-13-16/h2,4,7,9,12H,1,3,5-6,8H2,(H,18,19). The Morgan fingerprint density at radius 3 is 2.89 bits per heavy atom. The third kappa shape index (κ3) is 4.18. The van der Waals surface area contributed by atoms with E-state index in [-0.39, 0.29) is 5.69 Å². The van der Waals surface area contributed by atoms with Gasteiger partial charge in [0, 0.05) is 25.5 Å². The zero-order valence-corrected chi connectivity index (χ0v) is 10.4. The van der Waals surface area contributed by atoms with Gasteiger partial charge in [-0.2, -0.15) is 5.10 Å². The second-order valence-corrected chi connectivity index (χ2v) is 4.04. The summed E-state index contributed by atoms with van der Waals surface area (Å²) in [5.41, 5.74) is -0.0290. The Hall–Kier alpha value is -2.22. The molecule has 0 radical (unpaired) electrons. The molecule has 8 heteroatoms. The SMILES string of the molecule is O=C(O)c1cn(CCNCCCn2cccn2)nn1. The molecule has 2 heterocycles.